The van der Waals surface area contributed by atoms with Crippen LogP contribution < -0.4 is 5.73 Å². The van der Waals surface area contributed by atoms with Crippen molar-refractivity contribution in [3.63, 3.8) is 0 Å². The molecule has 0 atom stereocenters. The summed E-state index contributed by atoms with van der Waals surface area (Å²) in [4.78, 5) is 12.4. The molecule has 0 radical (unpaired) electrons. The smallest absolute Gasteiger partial charge is 0.196 e. The molecule has 0 bridgehead atoms. The van der Waals surface area contributed by atoms with Crippen molar-refractivity contribution in [2.24, 2.45) is 0 Å². The molecule has 0 aromatic heterocycles. The van der Waals surface area contributed by atoms with Gasteiger partial charge >= 0.3 is 0 Å². The van der Waals surface area contributed by atoms with Gasteiger partial charge in [-0.25, -0.2) is 4.39 Å². The third-order valence-corrected chi connectivity index (χ3v) is 3.85. The van der Waals surface area contributed by atoms with Crippen LogP contribution >= 0.6 is 0 Å². The number of ketones is 1. The number of nitrogen functional groups attached to an aromatic ring is 1. The van der Waals surface area contributed by atoms with E-state index in [1.807, 2.05) is 12.1 Å². The molecule has 2 N–H and O–H groups in total. The predicted molar refractivity (Wildman–Crippen MR) is 77.3 cm³/mol. The van der Waals surface area contributed by atoms with Gasteiger partial charge in [-0.2, -0.15) is 0 Å². The topological polar surface area (TPSA) is 43.1 Å². The zero-order valence-corrected chi connectivity index (χ0v) is 11.2. The number of hydrogen-bond donors (Lipinski definition) is 1. The number of halogens is 1. The van der Waals surface area contributed by atoms with Crippen molar-refractivity contribution in [2.75, 3.05) is 5.73 Å². The van der Waals surface area contributed by atoms with E-state index in [-0.39, 0.29) is 11.3 Å². The lowest BCUT2D eigenvalue weighted by atomic mass is 9.89. The maximum absolute atomic E-state index is 13.8. The summed E-state index contributed by atoms with van der Waals surface area (Å²) in [6.07, 6.45) is 4.41. The first-order valence-corrected chi connectivity index (χ1v) is 6.86. The largest absolute Gasteiger partial charge is 0.399 e. The van der Waals surface area contributed by atoms with Gasteiger partial charge in [0.1, 0.15) is 5.82 Å². The summed E-state index contributed by atoms with van der Waals surface area (Å²) < 4.78 is 13.8. The fourth-order valence-corrected chi connectivity index (χ4v) is 2.75. The Morgan fingerprint density at radius 2 is 1.75 bits per heavy atom. The van der Waals surface area contributed by atoms with Crippen molar-refractivity contribution in [3.05, 3.63) is 64.5 Å². The maximum Gasteiger partial charge on any atom is 0.196 e. The van der Waals surface area contributed by atoms with Gasteiger partial charge in [0, 0.05) is 11.3 Å². The lowest BCUT2D eigenvalue weighted by Gasteiger charge is -2.16. The molecule has 0 heterocycles. The maximum atomic E-state index is 13.8. The fourth-order valence-electron chi connectivity index (χ4n) is 2.75. The summed E-state index contributed by atoms with van der Waals surface area (Å²) in [5.41, 5.74) is 9.13. The molecular formula is C17H16FNO. The van der Waals surface area contributed by atoms with Crippen molar-refractivity contribution in [1.82, 2.24) is 0 Å². The number of anilines is 1. The number of hydrogen-bond acceptors (Lipinski definition) is 2. The third-order valence-electron chi connectivity index (χ3n) is 3.85. The van der Waals surface area contributed by atoms with Gasteiger partial charge in [0.05, 0.1) is 5.56 Å². The standard InChI is InChI=1S/C17H16FNO/c18-16-8-7-14(19)10-15(16)17(20)13-6-5-11-3-1-2-4-12(11)9-13/h5-10H,1-4,19H2. The van der Waals surface area contributed by atoms with E-state index >= 15 is 0 Å². The quantitative estimate of drug-likeness (QED) is 0.669. The molecule has 1 aliphatic carbocycles. The van der Waals surface area contributed by atoms with Crippen LogP contribution in [0.15, 0.2) is 36.4 Å². The van der Waals surface area contributed by atoms with Gasteiger partial charge in [-0.15, -0.1) is 0 Å². The molecule has 2 aromatic carbocycles. The van der Waals surface area contributed by atoms with E-state index in [4.69, 9.17) is 5.73 Å². The Bertz CT molecular complexity index is 679. The van der Waals surface area contributed by atoms with E-state index in [0.29, 0.717) is 11.3 Å². The molecule has 3 heteroatoms. The van der Waals surface area contributed by atoms with Gasteiger partial charge in [-0.05, 0) is 61.1 Å². The molecule has 102 valence electrons. The zero-order chi connectivity index (χ0) is 14.1. The Hall–Kier alpha value is -2.16. The summed E-state index contributed by atoms with van der Waals surface area (Å²) in [5.74, 6) is -0.829. The molecule has 0 saturated carbocycles. The number of fused-ring (bicyclic) bond motifs is 1. The average molecular weight is 269 g/mol. The lowest BCUT2D eigenvalue weighted by molar-refractivity contribution is 0.103. The molecule has 0 saturated heterocycles. The van der Waals surface area contributed by atoms with Crippen LogP contribution in [0.5, 0.6) is 0 Å². The van der Waals surface area contributed by atoms with E-state index in [2.05, 4.69) is 0 Å². The Labute approximate surface area is 117 Å². The second kappa shape index (κ2) is 5.08. The van der Waals surface area contributed by atoms with Crippen LogP contribution in [0, 0.1) is 5.82 Å². The summed E-state index contributed by atoms with van der Waals surface area (Å²) in [7, 11) is 0. The van der Waals surface area contributed by atoms with Crippen LogP contribution in [0.2, 0.25) is 0 Å². The average Bonchev–Trinajstić information content (AvgIpc) is 2.48. The first-order chi connectivity index (χ1) is 9.65. The fraction of sp³-hybridized carbons (Fsp3) is 0.235. The molecule has 2 nitrogen and oxygen atoms in total. The highest BCUT2D eigenvalue weighted by Gasteiger charge is 2.17. The molecule has 0 unspecified atom stereocenters. The summed E-state index contributed by atoms with van der Waals surface area (Å²) >= 11 is 0. The van der Waals surface area contributed by atoms with Gasteiger partial charge < -0.3 is 5.73 Å². The molecule has 1 aliphatic rings. The SMILES string of the molecule is Nc1ccc(F)c(C(=O)c2ccc3c(c2)CCCC3)c1. The summed E-state index contributed by atoms with van der Waals surface area (Å²) in [6, 6.07) is 9.78. The van der Waals surface area contributed by atoms with Crippen molar-refractivity contribution < 1.29 is 9.18 Å². The molecule has 3 rings (SSSR count). The minimum absolute atomic E-state index is 0.0424. The monoisotopic (exact) mass is 269 g/mol. The zero-order valence-electron chi connectivity index (χ0n) is 11.2. The number of benzene rings is 2. The summed E-state index contributed by atoms with van der Waals surface area (Å²) in [5, 5.41) is 0. The molecule has 0 amide bonds. The Balaban J connectivity index is 2.00. The molecule has 20 heavy (non-hydrogen) atoms. The molecular weight excluding hydrogens is 253 g/mol. The van der Waals surface area contributed by atoms with Crippen molar-refractivity contribution >= 4 is 11.5 Å². The van der Waals surface area contributed by atoms with Gasteiger partial charge in [0.2, 0.25) is 0 Å². The number of carbonyl (C=O) groups excluding carboxylic acids is 1. The highest BCUT2D eigenvalue weighted by atomic mass is 19.1. The molecule has 2 aromatic rings. The summed E-state index contributed by atoms with van der Waals surface area (Å²) in [6.45, 7) is 0. The Kier molecular flexibility index (Phi) is 3.26. The molecule has 0 aliphatic heterocycles. The third kappa shape index (κ3) is 2.31. The number of carbonyl (C=O) groups is 1. The van der Waals surface area contributed by atoms with E-state index in [1.165, 1.54) is 35.7 Å². The highest BCUT2D eigenvalue weighted by molar-refractivity contribution is 6.09. The second-order valence-corrected chi connectivity index (χ2v) is 5.26. The van der Waals surface area contributed by atoms with Crippen LogP contribution in [0.1, 0.15) is 39.9 Å². The van der Waals surface area contributed by atoms with Crippen molar-refractivity contribution in [1.29, 1.82) is 0 Å². The normalized spacial score (nSPS) is 13.8. The van der Waals surface area contributed by atoms with Crippen LogP contribution in [0.25, 0.3) is 0 Å². The first-order valence-electron chi connectivity index (χ1n) is 6.86. The van der Waals surface area contributed by atoms with Crippen LogP contribution in [-0.4, -0.2) is 5.78 Å². The van der Waals surface area contributed by atoms with Crippen molar-refractivity contribution in [2.45, 2.75) is 25.7 Å². The minimum atomic E-state index is -0.526. The minimum Gasteiger partial charge on any atom is -0.399 e. The van der Waals surface area contributed by atoms with E-state index < -0.39 is 5.82 Å². The number of aryl methyl sites for hydroxylation is 2. The number of nitrogens with two attached hydrogens (primary N) is 1. The van der Waals surface area contributed by atoms with Crippen LogP contribution in [0.4, 0.5) is 10.1 Å². The van der Waals surface area contributed by atoms with Crippen molar-refractivity contribution in [3.8, 4) is 0 Å². The van der Waals surface area contributed by atoms with Gasteiger partial charge in [0.25, 0.3) is 0 Å². The predicted octanol–water partition coefficient (Wildman–Crippen LogP) is 3.52. The number of rotatable bonds is 2. The van der Waals surface area contributed by atoms with Crippen LogP contribution in [-0.2, 0) is 12.8 Å². The molecule has 0 fully saturated rings. The molecule has 0 spiro atoms. The van der Waals surface area contributed by atoms with Crippen LogP contribution in [0.3, 0.4) is 0 Å². The van der Waals surface area contributed by atoms with E-state index in [1.54, 1.807) is 6.07 Å². The van der Waals surface area contributed by atoms with Gasteiger partial charge in [0.15, 0.2) is 5.78 Å². The first kappa shape index (κ1) is 12.9. The van der Waals surface area contributed by atoms with Gasteiger partial charge in [-0.3, -0.25) is 4.79 Å². The van der Waals surface area contributed by atoms with E-state index in [9.17, 15) is 9.18 Å². The van der Waals surface area contributed by atoms with E-state index in [0.717, 1.165) is 19.3 Å². The Morgan fingerprint density at radius 1 is 1.00 bits per heavy atom. The Morgan fingerprint density at radius 3 is 2.55 bits per heavy atom. The highest BCUT2D eigenvalue weighted by Crippen LogP contribution is 2.24. The second-order valence-electron chi connectivity index (χ2n) is 5.26. The van der Waals surface area contributed by atoms with Gasteiger partial charge in [-0.1, -0.05) is 12.1 Å². The lowest BCUT2D eigenvalue weighted by Crippen LogP contribution is -2.09.